The quantitative estimate of drug-likeness (QED) is 0.862. The Morgan fingerprint density at radius 1 is 1.56 bits per heavy atom. The Labute approximate surface area is 119 Å². The van der Waals surface area contributed by atoms with Gasteiger partial charge >= 0.3 is 0 Å². The highest BCUT2D eigenvalue weighted by atomic mass is 79.9. The van der Waals surface area contributed by atoms with Crippen molar-refractivity contribution in [2.75, 3.05) is 11.9 Å². The molecule has 0 spiro atoms. The van der Waals surface area contributed by atoms with Crippen molar-refractivity contribution < 1.29 is 9.18 Å². The van der Waals surface area contributed by atoms with Crippen LogP contribution in [0.15, 0.2) is 16.6 Å². The van der Waals surface area contributed by atoms with Crippen LogP contribution in [0.3, 0.4) is 0 Å². The van der Waals surface area contributed by atoms with Crippen molar-refractivity contribution in [1.82, 2.24) is 5.32 Å². The summed E-state index contributed by atoms with van der Waals surface area (Å²) in [7, 11) is 0. The summed E-state index contributed by atoms with van der Waals surface area (Å²) in [4.78, 5) is 11.6. The third kappa shape index (κ3) is 4.46. The molecule has 2 N–H and O–H groups in total. The number of carbonyl (C=O) groups excluding carboxylic acids is 1. The summed E-state index contributed by atoms with van der Waals surface area (Å²) in [5.74, 6) is -0.557. The Kier molecular flexibility index (Phi) is 5.88. The summed E-state index contributed by atoms with van der Waals surface area (Å²) >= 11 is 9.08. The highest BCUT2D eigenvalue weighted by Crippen LogP contribution is 2.31. The molecule has 0 aliphatic rings. The number of benzene rings is 1. The van der Waals surface area contributed by atoms with Gasteiger partial charge in [0.1, 0.15) is 5.82 Å². The minimum Gasteiger partial charge on any atom is -0.374 e. The molecule has 1 amide bonds. The smallest absolute Gasteiger partial charge is 0.239 e. The maximum Gasteiger partial charge on any atom is 0.239 e. The second-order valence-corrected chi connectivity index (χ2v) is 5.24. The van der Waals surface area contributed by atoms with Gasteiger partial charge in [-0.05, 0) is 41.4 Å². The third-order valence-corrected chi connectivity index (χ3v) is 3.38. The summed E-state index contributed by atoms with van der Waals surface area (Å²) in [6, 6.07) is 2.62. The molecule has 1 aromatic rings. The van der Waals surface area contributed by atoms with Crippen LogP contribution in [0.1, 0.15) is 20.3 Å². The van der Waals surface area contributed by atoms with E-state index in [4.69, 9.17) is 11.6 Å². The van der Waals surface area contributed by atoms with E-state index in [1.54, 1.807) is 0 Å². The Hall–Kier alpha value is -0.810. The maximum absolute atomic E-state index is 13.0. The van der Waals surface area contributed by atoms with Gasteiger partial charge < -0.3 is 10.6 Å². The molecular weight excluding hydrogens is 322 g/mol. The molecule has 1 aromatic carbocycles. The van der Waals surface area contributed by atoms with Gasteiger partial charge in [-0.15, -0.1) is 0 Å². The van der Waals surface area contributed by atoms with Crippen LogP contribution in [0.2, 0.25) is 5.02 Å². The van der Waals surface area contributed by atoms with Crippen LogP contribution >= 0.6 is 27.5 Å². The van der Waals surface area contributed by atoms with Crippen molar-refractivity contribution in [3.63, 3.8) is 0 Å². The Morgan fingerprint density at radius 2 is 2.22 bits per heavy atom. The van der Waals surface area contributed by atoms with Crippen molar-refractivity contribution in [2.24, 2.45) is 0 Å². The monoisotopic (exact) mass is 336 g/mol. The van der Waals surface area contributed by atoms with Crippen LogP contribution in [-0.4, -0.2) is 18.5 Å². The van der Waals surface area contributed by atoms with Gasteiger partial charge in [0, 0.05) is 10.5 Å². The molecule has 3 nitrogen and oxygen atoms in total. The molecular formula is C12H15BrClFN2O. The van der Waals surface area contributed by atoms with Crippen LogP contribution in [0.5, 0.6) is 0 Å². The number of amides is 1. The average Bonchev–Trinajstić information content (AvgIpc) is 2.27. The molecule has 1 unspecified atom stereocenters. The van der Waals surface area contributed by atoms with E-state index in [-0.39, 0.29) is 23.5 Å². The first-order chi connectivity index (χ1) is 8.43. The molecule has 0 aliphatic carbocycles. The molecule has 0 fully saturated rings. The van der Waals surface area contributed by atoms with E-state index in [1.807, 2.05) is 13.8 Å². The van der Waals surface area contributed by atoms with Crippen molar-refractivity contribution >= 4 is 39.1 Å². The minimum absolute atomic E-state index is 0.0916. The zero-order chi connectivity index (χ0) is 13.7. The maximum atomic E-state index is 13.0. The Bertz CT molecular complexity index is 419. The molecule has 0 aromatic heterocycles. The highest BCUT2D eigenvalue weighted by molar-refractivity contribution is 9.10. The summed E-state index contributed by atoms with van der Waals surface area (Å²) in [6.45, 7) is 4.01. The fourth-order valence-corrected chi connectivity index (χ4v) is 2.27. The molecule has 0 saturated heterocycles. The Balaban J connectivity index is 2.61. The molecule has 18 heavy (non-hydrogen) atoms. The number of anilines is 1. The van der Waals surface area contributed by atoms with Gasteiger partial charge in [0.05, 0.1) is 17.3 Å². The first-order valence-corrected chi connectivity index (χ1v) is 6.79. The second kappa shape index (κ2) is 6.95. The van der Waals surface area contributed by atoms with E-state index in [0.29, 0.717) is 10.2 Å². The van der Waals surface area contributed by atoms with Gasteiger partial charge in [-0.3, -0.25) is 4.79 Å². The molecule has 100 valence electrons. The minimum atomic E-state index is -0.429. The molecule has 0 heterocycles. The van der Waals surface area contributed by atoms with Crippen LogP contribution in [0.4, 0.5) is 10.1 Å². The summed E-state index contributed by atoms with van der Waals surface area (Å²) < 4.78 is 13.5. The fourth-order valence-electron chi connectivity index (χ4n) is 1.31. The lowest BCUT2D eigenvalue weighted by atomic mass is 10.2. The van der Waals surface area contributed by atoms with Gasteiger partial charge in [0.15, 0.2) is 0 Å². The van der Waals surface area contributed by atoms with Crippen LogP contribution in [0.25, 0.3) is 0 Å². The molecule has 0 bridgehead atoms. The lowest BCUT2D eigenvalue weighted by Gasteiger charge is -2.14. The lowest BCUT2D eigenvalue weighted by Crippen LogP contribution is -2.36. The first kappa shape index (κ1) is 15.2. The van der Waals surface area contributed by atoms with E-state index in [2.05, 4.69) is 26.6 Å². The topological polar surface area (TPSA) is 41.1 Å². The van der Waals surface area contributed by atoms with Crippen molar-refractivity contribution in [2.45, 2.75) is 26.3 Å². The van der Waals surface area contributed by atoms with E-state index in [0.717, 1.165) is 6.42 Å². The normalized spacial score (nSPS) is 12.1. The van der Waals surface area contributed by atoms with E-state index in [9.17, 15) is 9.18 Å². The van der Waals surface area contributed by atoms with E-state index < -0.39 is 5.82 Å². The predicted octanol–water partition coefficient (Wildman–Crippen LogP) is 3.57. The van der Waals surface area contributed by atoms with Gasteiger partial charge in [0.2, 0.25) is 5.91 Å². The largest absolute Gasteiger partial charge is 0.374 e. The highest BCUT2D eigenvalue weighted by Gasteiger charge is 2.10. The standard InChI is InChI=1S/C12H15BrClFN2O/c1-3-7(2)17-11(18)6-16-12-9(13)4-8(15)5-10(12)14/h4-5,7,16H,3,6H2,1-2H3,(H,17,18). The summed E-state index contributed by atoms with van der Waals surface area (Å²) in [5.41, 5.74) is 0.511. The molecule has 0 radical (unpaired) electrons. The third-order valence-electron chi connectivity index (χ3n) is 2.45. The van der Waals surface area contributed by atoms with Gasteiger partial charge in [0.25, 0.3) is 0 Å². The summed E-state index contributed by atoms with van der Waals surface area (Å²) in [6.07, 6.45) is 0.868. The number of hydrogen-bond donors (Lipinski definition) is 2. The van der Waals surface area contributed by atoms with Crippen LogP contribution < -0.4 is 10.6 Å². The van der Waals surface area contributed by atoms with Gasteiger partial charge in [-0.1, -0.05) is 18.5 Å². The zero-order valence-electron chi connectivity index (χ0n) is 10.2. The van der Waals surface area contributed by atoms with Crippen molar-refractivity contribution in [3.05, 3.63) is 27.4 Å². The molecule has 1 atom stereocenters. The van der Waals surface area contributed by atoms with Gasteiger partial charge in [-0.25, -0.2) is 4.39 Å². The van der Waals surface area contributed by atoms with Crippen LogP contribution in [0, 0.1) is 5.82 Å². The number of carbonyl (C=O) groups is 1. The first-order valence-electron chi connectivity index (χ1n) is 5.61. The molecule has 0 saturated carbocycles. The molecule has 1 rings (SSSR count). The molecule has 0 aliphatic heterocycles. The SMILES string of the molecule is CCC(C)NC(=O)CNc1c(Cl)cc(F)cc1Br. The van der Waals surface area contributed by atoms with Crippen LogP contribution in [-0.2, 0) is 4.79 Å². The number of hydrogen-bond acceptors (Lipinski definition) is 2. The fraction of sp³-hybridized carbons (Fsp3) is 0.417. The van der Waals surface area contributed by atoms with Gasteiger partial charge in [-0.2, -0.15) is 0 Å². The van der Waals surface area contributed by atoms with E-state index >= 15 is 0 Å². The predicted molar refractivity (Wildman–Crippen MR) is 75.5 cm³/mol. The van der Waals surface area contributed by atoms with Crippen molar-refractivity contribution in [1.29, 1.82) is 0 Å². The zero-order valence-corrected chi connectivity index (χ0v) is 12.5. The second-order valence-electron chi connectivity index (χ2n) is 3.97. The number of nitrogens with one attached hydrogen (secondary N) is 2. The molecule has 6 heteroatoms. The Morgan fingerprint density at radius 3 is 2.78 bits per heavy atom. The number of halogens is 3. The average molecular weight is 338 g/mol. The summed E-state index contributed by atoms with van der Waals surface area (Å²) in [5, 5.41) is 5.93. The van der Waals surface area contributed by atoms with E-state index in [1.165, 1.54) is 12.1 Å². The number of rotatable bonds is 5. The lowest BCUT2D eigenvalue weighted by molar-refractivity contribution is -0.120. The van der Waals surface area contributed by atoms with Crippen molar-refractivity contribution in [3.8, 4) is 0 Å².